The molecule has 1 heterocycles. The number of benzene rings is 1. The van der Waals surface area contributed by atoms with Crippen LogP contribution in [0, 0.1) is 0 Å². The highest BCUT2D eigenvalue weighted by Gasteiger charge is 2.14. The van der Waals surface area contributed by atoms with Crippen LogP contribution in [0.4, 0.5) is 5.13 Å². The van der Waals surface area contributed by atoms with Gasteiger partial charge in [-0.15, -0.1) is 11.3 Å². The first-order valence-corrected chi connectivity index (χ1v) is 8.56. The van der Waals surface area contributed by atoms with Crippen LogP contribution in [0.1, 0.15) is 37.6 Å². The molecule has 0 amide bonds. The number of nitrogens with zero attached hydrogens (tertiary/aromatic N) is 2. The molecule has 1 aromatic carbocycles. The van der Waals surface area contributed by atoms with Crippen LogP contribution in [-0.4, -0.2) is 25.1 Å². The van der Waals surface area contributed by atoms with Gasteiger partial charge in [0.15, 0.2) is 5.13 Å². The fourth-order valence-electron chi connectivity index (χ4n) is 2.22. The SMILES string of the molecule is CCCNC(Cc1csc(N(C)CC)n1)c1ccccc1. The Morgan fingerprint density at radius 2 is 2.00 bits per heavy atom. The van der Waals surface area contributed by atoms with Gasteiger partial charge in [-0.3, -0.25) is 0 Å². The fraction of sp³-hybridized carbons (Fsp3) is 0.471. The van der Waals surface area contributed by atoms with Crippen molar-refractivity contribution in [2.24, 2.45) is 0 Å². The molecule has 0 bridgehead atoms. The molecule has 2 aromatic rings. The van der Waals surface area contributed by atoms with Crippen molar-refractivity contribution >= 4 is 16.5 Å². The highest BCUT2D eigenvalue weighted by molar-refractivity contribution is 7.13. The van der Waals surface area contributed by atoms with Crippen molar-refractivity contribution in [2.75, 3.05) is 25.0 Å². The fourth-order valence-corrected chi connectivity index (χ4v) is 3.09. The summed E-state index contributed by atoms with van der Waals surface area (Å²) in [6.45, 7) is 6.37. The van der Waals surface area contributed by atoms with Crippen LogP contribution >= 0.6 is 11.3 Å². The Morgan fingerprint density at radius 3 is 2.67 bits per heavy atom. The first-order chi connectivity index (χ1) is 10.2. The lowest BCUT2D eigenvalue weighted by atomic mass is 10.0. The molecule has 21 heavy (non-hydrogen) atoms. The zero-order valence-corrected chi connectivity index (χ0v) is 14.0. The van der Waals surface area contributed by atoms with Crippen LogP contribution in [0.5, 0.6) is 0 Å². The van der Waals surface area contributed by atoms with E-state index in [4.69, 9.17) is 4.98 Å². The monoisotopic (exact) mass is 303 g/mol. The van der Waals surface area contributed by atoms with E-state index in [1.165, 1.54) is 11.3 Å². The lowest BCUT2D eigenvalue weighted by Gasteiger charge is -2.18. The quantitative estimate of drug-likeness (QED) is 0.802. The third-order valence-electron chi connectivity index (χ3n) is 3.60. The summed E-state index contributed by atoms with van der Waals surface area (Å²) >= 11 is 1.73. The van der Waals surface area contributed by atoms with E-state index in [0.717, 1.165) is 31.1 Å². The number of aromatic nitrogens is 1. The number of hydrogen-bond acceptors (Lipinski definition) is 4. The van der Waals surface area contributed by atoms with E-state index >= 15 is 0 Å². The lowest BCUT2D eigenvalue weighted by Crippen LogP contribution is -2.24. The van der Waals surface area contributed by atoms with E-state index in [2.05, 4.69) is 66.8 Å². The van der Waals surface area contributed by atoms with Gasteiger partial charge in [-0.2, -0.15) is 0 Å². The second-order valence-corrected chi connectivity index (χ2v) is 6.09. The Hall–Kier alpha value is -1.39. The summed E-state index contributed by atoms with van der Waals surface area (Å²) in [6.07, 6.45) is 2.09. The van der Waals surface area contributed by atoms with Crippen LogP contribution in [0.2, 0.25) is 0 Å². The summed E-state index contributed by atoms with van der Waals surface area (Å²) in [7, 11) is 2.09. The largest absolute Gasteiger partial charge is 0.351 e. The Balaban J connectivity index is 2.09. The summed E-state index contributed by atoms with van der Waals surface area (Å²) in [5.41, 5.74) is 2.51. The summed E-state index contributed by atoms with van der Waals surface area (Å²) in [5, 5.41) is 6.93. The Morgan fingerprint density at radius 1 is 1.24 bits per heavy atom. The van der Waals surface area contributed by atoms with Crippen molar-refractivity contribution in [3.05, 3.63) is 47.0 Å². The van der Waals surface area contributed by atoms with E-state index in [1.807, 2.05) is 0 Å². The summed E-state index contributed by atoms with van der Waals surface area (Å²) in [6, 6.07) is 11.0. The third kappa shape index (κ3) is 4.55. The minimum atomic E-state index is 0.341. The van der Waals surface area contributed by atoms with Crippen LogP contribution in [-0.2, 0) is 6.42 Å². The molecule has 0 fully saturated rings. The molecule has 0 saturated carbocycles. The predicted octanol–water partition coefficient (Wildman–Crippen LogP) is 3.88. The maximum atomic E-state index is 4.76. The molecule has 0 saturated heterocycles. The molecule has 0 aliphatic rings. The van der Waals surface area contributed by atoms with Gasteiger partial charge in [0.1, 0.15) is 0 Å². The van der Waals surface area contributed by atoms with Gasteiger partial charge < -0.3 is 10.2 Å². The molecule has 3 nitrogen and oxygen atoms in total. The minimum absolute atomic E-state index is 0.341. The topological polar surface area (TPSA) is 28.2 Å². The first-order valence-electron chi connectivity index (χ1n) is 7.68. The average Bonchev–Trinajstić information content (AvgIpc) is 3.00. The van der Waals surface area contributed by atoms with Gasteiger partial charge in [0.05, 0.1) is 5.69 Å². The zero-order chi connectivity index (χ0) is 15.1. The Labute approximate surface area is 132 Å². The van der Waals surface area contributed by atoms with E-state index in [1.54, 1.807) is 11.3 Å². The van der Waals surface area contributed by atoms with Crippen molar-refractivity contribution in [3.63, 3.8) is 0 Å². The zero-order valence-electron chi connectivity index (χ0n) is 13.2. The molecule has 1 atom stereocenters. The first kappa shape index (κ1) is 16.0. The number of rotatable bonds is 8. The molecule has 0 radical (unpaired) electrons. The van der Waals surface area contributed by atoms with Crippen molar-refractivity contribution in [1.82, 2.24) is 10.3 Å². The van der Waals surface area contributed by atoms with Crippen LogP contribution < -0.4 is 10.2 Å². The van der Waals surface area contributed by atoms with Gasteiger partial charge in [0.2, 0.25) is 0 Å². The van der Waals surface area contributed by atoms with E-state index in [-0.39, 0.29) is 0 Å². The van der Waals surface area contributed by atoms with E-state index in [0.29, 0.717) is 6.04 Å². The molecule has 1 unspecified atom stereocenters. The summed E-state index contributed by atoms with van der Waals surface area (Å²) < 4.78 is 0. The number of thiazole rings is 1. The van der Waals surface area contributed by atoms with Gasteiger partial charge in [0, 0.05) is 31.4 Å². The normalized spacial score (nSPS) is 12.3. The van der Waals surface area contributed by atoms with Crippen molar-refractivity contribution in [1.29, 1.82) is 0 Å². The average molecular weight is 303 g/mol. The second kappa shape index (κ2) is 8.15. The number of hydrogen-bond donors (Lipinski definition) is 1. The molecule has 1 aromatic heterocycles. The van der Waals surface area contributed by atoms with Gasteiger partial charge in [0.25, 0.3) is 0 Å². The predicted molar refractivity (Wildman–Crippen MR) is 92.2 cm³/mol. The smallest absolute Gasteiger partial charge is 0.185 e. The van der Waals surface area contributed by atoms with Crippen molar-refractivity contribution in [2.45, 2.75) is 32.7 Å². The molecule has 0 aliphatic heterocycles. The molecule has 114 valence electrons. The molecular weight excluding hydrogens is 278 g/mol. The molecule has 1 N–H and O–H groups in total. The number of anilines is 1. The van der Waals surface area contributed by atoms with Crippen LogP contribution in [0.15, 0.2) is 35.7 Å². The minimum Gasteiger partial charge on any atom is -0.351 e. The highest BCUT2D eigenvalue weighted by Crippen LogP contribution is 2.23. The van der Waals surface area contributed by atoms with E-state index in [9.17, 15) is 0 Å². The summed E-state index contributed by atoms with van der Waals surface area (Å²) in [4.78, 5) is 6.94. The molecule has 2 rings (SSSR count). The maximum absolute atomic E-state index is 4.76. The van der Waals surface area contributed by atoms with Gasteiger partial charge in [-0.25, -0.2) is 4.98 Å². The summed E-state index contributed by atoms with van der Waals surface area (Å²) in [5.74, 6) is 0. The molecule has 0 spiro atoms. The van der Waals surface area contributed by atoms with Crippen LogP contribution in [0.3, 0.4) is 0 Å². The van der Waals surface area contributed by atoms with Crippen LogP contribution in [0.25, 0.3) is 0 Å². The standard InChI is InChI=1S/C17H25N3S/c1-4-11-18-16(14-9-7-6-8-10-14)12-15-13-21-17(19-15)20(3)5-2/h6-10,13,16,18H,4-5,11-12H2,1-3H3. The Kier molecular flexibility index (Phi) is 6.21. The maximum Gasteiger partial charge on any atom is 0.185 e. The van der Waals surface area contributed by atoms with Crippen molar-refractivity contribution < 1.29 is 0 Å². The van der Waals surface area contributed by atoms with E-state index < -0.39 is 0 Å². The van der Waals surface area contributed by atoms with Gasteiger partial charge in [-0.1, -0.05) is 37.3 Å². The highest BCUT2D eigenvalue weighted by atomic mass is 32.1. The van der Waals surface area contributed by atoms with Gasteiger partial charge >= 0.3 is 0 Å². The lowest BCUT2D eigenvalue weighted by molar-refractivity contribution is 0.525. The molecule has 0 aliphatic carbocycles. The second-order valence-electron chi connectivity index (χ2n) is 5.26. The van der Waals surface area contributed by atoms with Gasteiger partial charge in [-0.05, 0) is 25.5 Å². The molecular formula is C17H25N3S. The Bertz CT molecular complexity index is 524. The third-order valence-corrected chi connectivity index (χ3v) is 4.60. The number of nitrogens with one attached hydrogen (secondary N) is 1. The molecule has 4 heteroatoms. The van der Waals surface area contributed by atoms with Crippen molar-refractivity contribution in [3.8, 4) is 0 Å².